The number of nitrogens with one attached hydrogen (secondary N) is 2. The van der Waals surface area contributed by atoms with Crippen LogP contribution in [0.15, 0.2) is 24.3 Å². The van der Waals surface area contributed by atoms with Gasteiger partial charge >= 0.3 is 12.1 Å². The van der Waals surface area contributed by atoms with Crippen molar-refractivity contribution in [3.05, 3.63) is 41.2 Å². The van der Waals surface area contributed by atoms with Crippen LogP contribution in [0.4, 0.5) is 19.1 Å². The summed E-state index contributed by atoms with van der Waals surface area (Å²) in [6, 6.07) is 6.60. The van der Waals surface area contributed by atoms with E-state index in [0.29, 0.717) is 11.1 Å². The molecule has 0 fully saturated rings. The zero-order chi connectivity index (χ0) is 16.6. The average Bonchev–Trinajstić information content (AvgIpc) is 2.96. The normalized spacial score (nSPS) is 17.3. The predicted molar refractivity (Wildman–Crippen MR) is 69.4 cm³/mol. The summed E-state index contributed by atoms with van der Waals surface area (Å²) in [5, 5.41) is 7.01. The Hall–Kier alpha value is -2.91. The molecule has 1 unspecified atom stereocenters. The molecule has 1 aromatic carbocycles. The molecule has 0 spiro atoms. The predicted octanol–water partition coefficient (Wildman–Crippen LogP) is 1.54. The van der Waals surface area contributed by atoms with E-state index < -0.39 is 35.9 Å². The van der Waals surface area contributed by atoms with E-state index in [1.165, 1.54) is 0 Å². The van der Waals surface area contributed by atoms with E-state index in [1.807, 2.05) is 0 Å². The molecule has 2 aromatic rings. The number of hydrogen-bond donors (Lipinski definition) is 2. The Labute approximate surface area is 126 Å². The molecule has 3 rings (SSSR count). The molecule has 1 atom stereocenters. The van der Waals surface area contributed by atoms with Crippen LogP contribution in [-0.2, 0) is 22.1 Å². The lowest BCUT2D eigenvalue weighted by Gasteiger charge is -2.23. The molecular weight excluding hydrogens is 317 g/mol. The van der Waals surface area contributed by atoms with Gasteiger partial charge < -0.3 is 4.74 Å². The standard InChI is InChI=1S/C13H9F3N4O3/c14-13(15,16)11-18-12(20-19-11)17-9(21)8-5-6-3-1-2-4-7(6)10(22)23-8/h1-4,8H,5H2,(H2,17,18,19,20,21). The molecule has 0 saturated carbocycles. The molecule has 120 valence electrons. The van der Waals surface area contributed by atoms with Gasteiger partial charge in [-0.3, -0.25) is 15.2 Å². The summed E-state index contributed by atoms with van der Waals surface area (Å²) in [5.74, 6) is -3.35. The van der Waals surface area contributed by atoms with Gasteiger partial charge in [-0.05, 0) is 11.6 Å². The number of ether oxygens (including phenoxy) is 1. The molecule has 23 heavy (non-hydrogen) atoms. The number of amides is 1. The largest absolute Gasteiger partial charge is 0.451 e. The number of nitrogens with zero attached hydrogens (tertiary/aromatic N) is 2. The second-order valence-electron chi connectivity index (χ2n) is 4.75. The molecular formula is C13H9F3N4O3. The first-order valence-electron chi connectivity index (χ1n) is 6.44. The minimum absolute atomic E-state index is 0.115. The minimum atomic E-state index is -4.70. The SMILES string of the molecule is O=C1OC(C(=O)Nc2n[nH]c(C(F)(F)F)n2)Cc2ccccc21. The lowest BCUT2D eigenvalue weighted by Crippen LogP contribution is -2.38. The molecule has 10 heteroatoms. The summed E-state index contributed by atoms with van der Waals surface area (Å²) < 4.78 is 42.2. The van der Waals surface area contributed by atoms with Crippen molar-refractivity contribution in [2.24, 2.45) is 0 Å². The summed E-state index contributed by atoms with van der Waals surface area (Å²) in [6.07, 6.45) is -5.75. The number of carbonyl (C=O) groups excluding carboxylic acids is 2. The van der Waals surface area contributed by atoms with Gasteiger partial charge in [0.2, 0.25) is 11.8 Å². The van der Waals surface area contributed by atoms with Crippen LogP contribution in [-0.4, -0.2) is 33.2 Å². The molecule has 1 aromatic heterocycles. The molecule has 1 amide bonds. The van der Waals surface area contributed by atoms with Crippen molar-refractivity contribution in [3.8, 4) is 0 Å². The maximum Gasteiger partial charge on any atom is 0.451 e. The maximum absolute atomic E-state index is 12.4. The van der Waals surface area contributed by atoms with E-state index in [2.05, 4.69) is 15.4 Å². The van der Waals surface area contributed by atoms with Crippen LogP contribution in [0.2, 0.25) is 0 Å². The molecule has 7 nitrogen and oxygen atoms in total. The Morgan fingerprint density at radius 1 is 1.35 bits per heavy atom. The van der Waals surface area contributed by atoms with Crippen LogP contribution >= 0.6 is 0 Å². The first-order chi connectivity index (χ1) is 10.8. The highest BCUT2D eigenvalue weighted by Crippen LogP contribution is 2.26. The third-order valence-electron chi connectivity index (χ3n) is 3.17. The molecule has 0 radical (unpaired) electrons. The summed E-state index contributed by atoms with van der Waals surface area (Å²) in [4.78, 5) is 26.9. The smallest absolute Gasteiger partial charge is 0.448 e. The number of aromatic amines is 1. The fourth-order valence-corrected chi connectivity index (χ4v) is 2.11. The summed E-state index contributed by atoms with van der Waals surface area (Å²) >= 11 is 0. The third kappa shape index (κ3) is 3.00. The number of benzene rings is 1. The molecule has 2 heterocycles. The van der Waals surface area contributed by atoms with Gasteiger partial charge in [0.05, 0.1) is 5.56 Å². The van der Waals surface area contributed by atoms with Crippen molar-refractivity contribution in [1.82, 2.24) is 15.2 Å². The first-order valence-corrected chi connectivity index (χ1v) is 6.44. The Morgan fingerprint density at radius 3 is 2.78 bits per heavy atom. The number of rotatable bonds is 2. The van der Waals surface area contributed by atoms with Gasteiger partial charge in [-0.1, -0.05) is 18.2 Å². The van der Waals surface area contributed by atoms with E-state index in [4.69, 9.17) is 4.74 Å². The molecule has 1 aliphatic rings. The molecule has 0 bridgehead atoms. The van der Waals surface area contributed by atoms with Gasteiger partial charge in [-0.25, -0.2) is 4.79 Å². The third-order valence-corrected chi connectivity index (χ3v) is 3.17. The molecule has 0 saturated heterocycles. The van der Waals surface area contributed by atoms with Crippen molar-refractivity contribution in [1.29, 1.82) is 0 Å². The second kappa shape index (κ2) is 5.38. The van der Waals surface area contributed by atoms with E-state index in [1.54, 1.807) is 29.4 Å². The van der Waals surface area contributed by atoms with Gasteiger partial charge in [0, 0.05) is 6.42 Å². The minimum Gasteiger partial charge on any atom is -0.448 e. The fourth-order valence-electron chi connectivity index (χ4n) is 2.11. The van der Waals surface area contributed by atoms with Crippen LogP contribution < -0.4 is 5.32 Å². The number of hydrogen-bond acceptors (Lipinski definition) is 5. The second-order valence-corrected chi connectivity index (χ2v) is 4.75. The van der Waals surface area contributed by atoms with Crippen LogP contribution in [0.5, 0.6) is 0 Å². The van der Waals surface area contributed by atoms with Gasteiger partial charge in [0.1, 0.15) is 0 Å². The fraction of sp³-hybridized carbons (Fsp3) is 0.231. The maximum atomic E-state index is 12.4. The van der Waals surface area contributed by atoms with Crippen molar-refractivity contribution in [2.75, 3.05) is 5.32 Å². The lowest BCUT2D eigenvalue weighted by molar-refractivity contribution is -0.144. The van der Waals surface area contributed by atoms with Gasteiger partial charge in [-0.2, -0.15) is 18.2 Å². The number of H-pyrrole nitrogens is 1. The van der Waals surface area contributed by atoms with E-state index in [-0.39, 0.29) is 6.42 Å². The number of fused-ring (bicyclic) bond motifs is 1. The zero-order valence-corrected chi connectivity index (χ0v) is 11.3. The van der Waals surface area contributed by atoms with E-state index in [0.717, 1.165) is 0 Å². The Morgan fingerprint density at radius 2 is 2.09 bits per heavy atom. The van der Waals surface area contributed by atoms with Gasteiger partial charge in [0.25, 0.3) is 5.91 Å². The number of alkyl halides is 3. The van der Waals surface area contributed by atoms with Gasteiger partial charge in [0.15, 0.2) is 6.10 Å². The summed E-state index contributed by atoms with van der Waals surface area (Å²) in [7, 11) is 0. The number of cyclic esters (lactones) is 1. The van der Waals surface area contributed by atoms with Crippen LogP contribution in [0, 0.1) is 0 Å². The summed E-state index contributed by atoms with van der Waals surface area (Å²) in [5.41, 5.74) is 0.976. The number of aromatic nitrogens is 3. The highest BCUT2D eigenvalue weighted by molar-refractivity contribution is 5.99. The topological polar surface area (TPSA) is 97.0 Å². The van der Waals surface area contributed by atoms with Crippen molar-refractivity contribution in [3.63, 3.8) is 0 Å². The average molecular weight is 326 g/mol. The Bertz CT molecular complexity index is 772. The summed E-state index contributed by atoms with van der Waals surface area (Å²) in [6.45, 7) is 0. The van der Waals surface area contributed by atoms with Crippen LogP contribution in [0.25, 0.3) is 0 Å². The lowest BCUT2D eigenvalue weighted by atomic mass is 9.98. The number of carbonyl (C=O) groups is 2. The van der Waals surface area contributed by atoms with E-state index >= 15 is 0 Å². The zero-order valence-electron chi connectivity index (χ0n) is 11.3. The quantitative estimate of drug-likeness (QED) is 0.816. The Balaban J connectivity index is 1.72. The van der Waals surface area contributed by atoms with Crippen LogP contribution in [0.3, 0.4) is 0 Å². The number of anilines is 1. The van der Waals surface area contributed by atoms with Crippen molar-refractivity contribution >= 4 is 17.8 Å². The van der Waals surface area contributed by atoms with Gasteiger partial charge in [-0.15, -0.1) is 5.10 Å². The number of esters is 1. The molecule has 2 N–H and O–H groups in total. The van der Waals surface area contributed by atoms with Crippen molar-refractivity contribution < 1.29 is 27.5 Å². The molecule has 1 aliphatic heterocycles. The first kappa shape index (κ1) is 15.0. The van der Waals surface area contributed by atoms with Crippen LogP contribution in [0.1, 0.15) is 21.7 Å². The van der Waals surface area contributed by atoms with E-state index in [9.17, 15) is 22.8 Å². The highest BCUT2D eigenvalue weighted by atomic mass is 19.4. The number of halogens is 3. The van der Waals surface area contributed by atoms with Crippen molar-refractivity contribution in [2.45, 2.75) is 18.7 Å². The Kier molecular flexibility index (Phi) is 3.51. The monoisotopic (exact) mass is 326 g/mol. The highest BCUT2D eigenvalue weighted by Gasteiger charge is 2.36. The molecule has 0 aliphatic carbocycles.